The normalized spacial score (nSPS) is 15.4. The summed E-state index contributed by atoms with van der Waals surface area (Å²) in [6.07, 6.45) is 4.93. The topological polar surface area (TPSA) is 102 Å². The van der Waals surface area contributed by atoms with Crippen LogP contribution in [0.1, 0.15) is 36.4 Å². The van der Waals surface area contributed by atoms with Crippen LogP contribution in [0.4, 0.5) is 5.69 Å². The Morgan fingerprint density at radius 2 is 2.14 bits per heavy atom. The van der Waals surface area contributed by atoms with Crippen LogP contribution in [-0.2, 0) is 11.2 Å². The van der Waals surface area contributed by atoms with E-state index in [9.17, 15) is 4.79 Å². The number of anilines is 1. The van der Waals surface area contributed by atoms with Crippen LogP contribution in [0.5, 0.6) is 11.5 Å². The first-order valence-corrected chi connectivity index (χ1v) is 9.46. The van der Waals surface area contributed by atoms with Crippen molar-refractivity contribution in [2.75, 3.05) is 11.9 Å². The molecule has 2 aromatic carbocycles. The number of carbonyl (C=O) groups excluding carboxylic acids is 1. The second-order valence-corrected chi connectivity index (χ2v) is 6.63. The van der Waals surface area contributed by atoms with Gasteiger partial charge in [-0.05, 0) is 35.8 Å². The van der Waals surface area contributed by atoms with Gasteiger partial charge in [-0.2, -0.15) is 5.21 Å². The van der Waals surface area contributed by atoms with Crippen molar-refractivity contribution in [2.45, 2.75) is 25.9 Å². The standard InChI is InChI=1S/C21H21N5O3/c1-2-4-14-7-9-15(10-8-14)11-12-19(27)22-16-5-3-6-17-20(16)29-18(13-28-17)21-23-25-26-24-21/h3,5-12,18H,2,4,13H2,1H3,(H,22,27)(H,23,24,25,26)/b12-11+. The maximum Gasteiger partial charge on any atom is 0.248 e. The summed E-state index contributed by atoms with van der Waals surface area (Å²) in [4.78, 5) is 12.4. The summed E-state index contributed by atoms with van der Waals surface area (Å²) < 4.78 is 11.7. The van der Waals surface area contributed by atoms with Gasteiger partial charge in [-0.25, -0.2) is 0 Å². The Kier molecular flexibility index (Phi) is 5.51. The SMILES string of the molecule is CCCc1ccc(/C=C/C(=O)Nc2cccc3c2OC(c2nn[nH]n2)CO3)cc1. The molecule has 0 fully saturated rings. The third-order valence-corrected chi connectivity index (χ3v) is 4.48. The highest BCUT2D eigenvalue weighted by Gasteiger charge is 2.28. The number of nitrogens with one attached hydrogen (secondary N) is 2. The summed E-state index contributed by atoms with van der Waals surface area (Å²) in [6.45, 7) is 2.41. The monoisotopic (exact) mass is 391 g/mol. The van der Waals surface area contributed by atoms with Gasteiger partial charge >= 0.3 is 0 Å². The molecule has 2 N–H and O–H groups in total. The zero-order valence-corrected chi connectivity index (χ0v) is 16.0. The number of fused-ring (bicyclic) bond motifs is 1. The molecule has 148 valence electrons. The molecular weight excluding hydrogens is 370 g/mol. The van der Waals surface area contributed by atoms with Gasteiger partial charge in [0, 0.05) is 6.08 Å². The number of aryl methyl sites for hydroxylation is 1. The second-order valence-electron chi connectivity index (χ2n) is 6.63. The summed E-state index contributed by atoms with van der Waals surface area (Å²) in [5.74, 6) is 1.13. The van der Waals surface area contributed by atoms with Crippen molar-refractivity contribution in [3.63, 3.8) is 0 Å². The molecule has 1 aliphatic heterocycles. The molecule has 0 spiro atoms. The number of aromatic amines is 1. The molecule has 4 rings (SSSR count). The van der Waals surface area contributed by atoms with Crippen molar-refractivity contribution in [3.05, 3.63) is 65.5 Å². The van der Waals surface area contributed by atoms with Crippen LogP contribution in [0.3, 0.4) is 0 Å². The fraction of sp³-hybridized carbons (Fsp3) is 0.238. The number of ether oxygens (including phenoxy) is 2. The lowest BCUT2D eigenvalue weighted by Crippen LogP contribution is -2.24. The molecule has 2 heterocycles. The van der Waals surface area contributed by atoms with E-state index in [-0.39, 0.29) is 12.5 Å². The molecule has 1 unspecified atom stereocenters. The molecule has 0 aliphatic carbocycles. The summed E-state index contributed by atoms with van der Waals surface area (Å²) >= 11 is 0. The third-order valence-electron chi connectivity index (χ3n) is 4.48. The summed E-state index contributed by atoms with van der Waals surface area (Å²) in [5, 5.41) is 16.6. The van der Waals surface area contributed by atoms with E-state index in [0.717, 1.165) is 18.4 Å². The maximum absolute atomic E-state index is 12.4. The molecule has 8 nitrogen and oxygen atoms in total. The predicted molar refractivity (Wildman–Crippen MR) is 108 cm³/mol. The molecule has 0 saturated carbocycles. The molecule has 3 aromatic rings. The largest absolute Gasteiger partial charge is 0.485 e. The summed E-state index contributed by atoms with van der Waals surface area (Å²) in [6, 6.07) is 13.5. The van der Waals surface area contributed by atoms with Crippen molar-refractivity contribution in [1.82, 2.24) is 20.6 Å². The lowest BCUT2D eigenvalue weighted by atomic mass is 10.1. The molecule has 1 aromatic heterocycles. The Morgan fingerprint density at radius 1 is 1.28 bits per heavy atom. The van der Waals surface area contributed by atoms with Gasteiger partial charge in [-0.3, -0.25) is 4.79 Å². The number of hydrogen-bond donors (Lipinski definition) is 2. The van der Waals surface area contributed by atoms with Gasteiger partial charge in [0.15, 0.2) is 17.6 Å². The van der Waals surface area contributed by atoms with Crippen LogP contribution < -0.4 is 14.8 Å². The number of rotatable bonds is 6. The summed E-state index contributed by atoms with van der Waals surface area (Å²) in [5.41, 5.74) is 2.77. The predicted octanol–water partition coefficient (Wildman–Crippen LogP) is 3.32. The van der Waals surface area contributed by atoms with Crippen molar-refractivity contribution in [2.24, 2.45) is 0 Å². The first-order valence-electron chi connectivity index (χ1n) is 9.46. The lowest BCUT2D eigenvalue weighted by Gasteiger charge is -2.26. The van der Waals surface area contributed by atoms with Gasteiger partial charge in [0.25, 0.3) is 0 Å². The van der Waals surface area contributed by atoms with Gasteiger partial charge in [0.05, 0.1) is 5.69 Å². The average Bonchev–Trinajstić information content (AvgIpc) is 3.28. The average molecular weight is 391 g/mol. The van der Waals surface area contributed by atoms with Gasteiger partial charge in [0.1, 0.15) is 6.61 Å². The van der Waals surface area contributed by atoms with Gasteiger partial charge in [-0.1, -0.05) is 48.9 Å². The minimum absolute atomic E-state index is 0.262. The Balaban J connectivity index is 1.45. The van der Waals surface area contributed by atoms with Gasteiger partial charge in [-0.15, -0.1) is 10.2 Å². The van der Waals surface area contributed by atoms with Gasteiger partial charge in [0.2, 0.25) is 11.7 Å². The number of benzene rings is 2. The molecular formula is C21H21N5O3. The Hall–Kier alpha value is -3.68. The Labute approximate surface area is 167 Å². The quantitative estimate of drug-likeness (QED) is 0.625. The zero-order chi connectivity index (χ0) is 20.1. The molecule has 1 atom stereocenters. The Morgan fingerprint density at radius 3 is 2.90 bits per heavy atom. The molecule has 0 bridgehead atoms. The number of tetrazole rings is 1. The van der Waals surface area contributed by atoms with E-state index in [0.29, 0.717) is 23.0 Å². The van der Waals surface area contributed by atoms with Crippen molar-refractivity contribution in [3.8, 4) is 11.5 Å². The number of carbonyl (C=O) groups is 1. The number of para-hydroxylation sites is 1. The highest BCUT2D eigenvalue weighted by atomic mass is 16.6. The van der Waals surface area contributed by atoms with Crippen LogP contribution in [-0.4, -0.2) is 33.1 Å². The first-order chi connectivity index (χ1) is 14.2. The molecule has 0 radical (unpaired) electrons. The molecule has 29 heavy (non-hydrogen) atoms. The fourth-order valence-corrected chi connectivity index (χ4v) is 3.05. The van der Waals surface area contributed by atoms with E-state index in [4.69, 9.17) is 9.47 Å². The van der Waals surface area contributed by atoms with Gasteiger partial charge < -0.3 is 14.8 Å². The van der Waals surface area contributed by atoms with E-state index in [1.54, 1.807) is 24.3 Å². The second kappa shape index (κ2) is 8.55. The Bertz CT molecular complexity index is 1000. The maximum atomic E-state index is 12.4. The van der Waals surface area contributed by atoms with Crippen molar-refractivity contribution in [1.29, 1.82) is 0 Å². The third kappa shape index (κ3) is 4.43. The van der Waals surface area contributed by atoms with E-state index >= 15 is 0 Å². The molecule has 0 saturated heterocycles. The number of H-pyrrole nitrogens is 1. The van der Waals surface area contributed by atoms with Crippen LogP contribution in [0.25, 0.3) is 6.08 Å². The number of hydrogen-bond acceptors (Lipinski definition) is 6. The fourth-order valence-electron chi connectivity index (χ4n) is 3.05. The molecule has 1 aliphatic rings. The zero-order valence-electron chi connectivity index (χ0n) is 16.0. The number of amides is 1. The minimum atomic E-state index is -0.503. The highest BCUT2D eigenvalue weighted by Crippen LogP contribution is 2.41. The lowest BCUT2D eigenvalue weighted by molar-refractivity contribution is -0.111. The van der Waals surface area contributed by atoms with Crippen LogP contribution in [0, 0.1) is 0 Å². The number of aromatic nitrogens is 4. The highest BCUT2D eigenvalue weighted by molar-refractivity contribution is 6.03. The smallest absolute Gasteiger partial charge is 0.248 e. The van der Waals surface area contributed by atoms with E-state index in [1.807, 2.05) is 12.1 Å². The summed E-state index contributed by atoms with van der Waals surface area (Å²) in [7, 11) is 0. The minimum Gasteiger partial charge on any atom is -0.485 e. The van der Waals surface area contributed by atoms with Crippen LogP contribution in [0.15, 0.2) is 48.5 Å². The molecule has 8 heteroatoms. The number of nitrogens with zero attached hydrogens (tertiary/aromatic N) is 3. The molecule has 1 amide bonds. The van der Waals surface area contributed by atoms with Crippen molar-refractivity contribution < 1.29 is 14.3 Å². The first kappa shape index (κ1) is 18.7. The van der Waals surface area contributed by atoms with E-state index in [2.05, 4.69) is 45.0 Å². The van der Waals surface area contributed by atoms with Crippen molar-refractivity contribution >= 4 is 17.7 Å². The van der Waals surface area contributed by atoms with Crippen LogP contribution in [0.2, 0.25) is 0 Å². The van der Waals surface area contributed by atoms with E-state index < -0.39 is 6.10 Å². The van der Waals surface area contributed by atoms with Crippen LogP contribution >= 0.6 is 0 Å². The van der Waals surface area contributed by atoms with E-state index in [1.165, 1.54) is 11.6 Å².